The van der Waals surface area contributed by atoms with E-state index in [4.69, 9.17) is 0 Å². The summed E-state index contributed by atoms with van der Waals surface area (Å²) in [6.45, 7) is 1.05. The molecule has 0 saturated carbocycles. The third kappa shape index (κ3) is 2.57. The maximum absolute atomic E-state index is 11.9. The van der Waals surface area contributed by atoms with Crippen LogP contribution in [-0.4, -0.2) is 34.8 Å². The first-order valence-electron chi connectivity index (χ1n) is 5.64. The molecule has 0 spiro atoms. The van der Waals surface area contributed by atoms with E-state index in [1.807, 2.05) is 0 Å². The SMILES string of the molecule is O=C(Nc1ccccc1O)C1(O)CCCNC1. The smallest absolute Gasteiger partial charge is 0.257 e. The van der Waals surface area contributed by atoms with Crippen LogP contribution in [0.1, 0.15) is 12.8 Å². The van der Waals surface area contributed by atoms with E-state index in [0.29, 0.717) is 12.1 Å². The number of benzene rings is 1. The molecule has 0 aliphatic carbocycles. The van der Waals surface area contributed by atoms with E-state index in [2.05, 4.69) is 10.6 Å². The number of anilines is 1. The summed E-state index contributed by atoms with van der Waals surface area (Å²) < 4.78 is 0. The molecule has 0 radical (unpaired) electrons. The van der Waals surface area contributed by atoms with Crippen LogP contribution in [0.5, 0.6) is 5.75 Å². The van der Waals surface area contributed by atoms with Gasteiger partial charge in [0.15, 0.2) is 5.60 Å². The van der Waals surface area contributed by atoms with Gasteiger partial charge in [-0.2, -0.15) is 0 Å². The molecule has 1 aliphatic heterocycles. The lowest BCUT2D eigenvalue weighted by molar-refractivity contribution is -0.135. The first kappa shape index (κ1) is 11.9. The average molecular weight is 236 g/mol. The van der Waals surface area contributed by atoms with Crippen molar-refractivity contribution in [3.8, 4) is 5.75 Å². The Labute approximate surface area is 99.5 Å². The molecule has 4 N–H and O–H groups in total. The minimum Gasteiger partial charge on any atom is -0.506 e. The highest BCUT2D eigenvalue weighted by molar-refractivity contribution is 5.98. The van der Waals surface area contributed by atoms with Gasteiger partial charge in [-0.15, -0.1) is 0 Å². The number of rotatable bonds is 2. The predicted octanol–water partition coefficient (Wildman–Crippen LogP) is 0.445. The van der Waals surface area contributed by atoms with E-state index in [1.54, 1.807) is 18.2 Å². The predicted molar refractivity (Wildman–Crippen MR) is 63.8 cm³/mol. The highest BCUT2D eigenvalue weighted by atomic mass is 16.3. The van der Waals surface area contributed by atoms with Gasteiger partial charge in [0.05, 0.1) is 5.69 Å². The summed E-state index contributed by atoms with van der Waals surface area (Å²) in [6.07, 6.45) is 1.18. The molecule has 1 heterocycles. The molecule has 1 saturated heterocycles. The number of piperidine rings is 1. The summed E-state index contributed by atoms with van der Waals surface area (Å²) >= 11 is 0. The molecule has 92 valence electrons. The van der Waals surface area contributed by atoms with Gasteiger partial charge in [-0.1, -0.05) is 12.1 Å². The summed E-state index contributed by atoms with van der Waals surface area (Å²) in [5.74, 6) is -0.487. The summed E-state index contributed by atoms with van der Waals surface area (Å²) in [6, 6.07) is 6.45. The first-order chi connectivity index (χ1) is 8.12. The van der Waals surface area contributed by atoms with Crippen LogP contribution >= 0.6 is 0 Å². The number of para-hydroxylation sites is 2. The largest absolute Gasteiger partial charge is 0.506 e. The van der Waals surface area contributed by atoms with Crippen molar-refractivity contribution in [1.29, 1.82) is 0 Å². The maximum Gasteiger partial charge on any atom is 0.257 e. The first-order valence-corrected chi connectivity index (χ1v) is 5.64. The van der Waals surface area contributed by atoms with Gasteiger partial charge in [-0.3, -0.25) is 4.79 Å². The molecule has 5 heteroatoms. The number of hydrogen-bond acceptors (Lipinski definition) is 4. The van der Waals surface area contributed by atoms with Gasteiger partial charge in [0, 0.05) is 6.54 Å². The third-order valence-electron chi connectivity index (χ3n) is 2.94. The van der Waals surface area contributed by atoms with Gasteiger partial charge in [0.25, 0.3) is 5.91 Å². The molecule has 1 aromatic carbocycles. The Bertz CT molecular complexity index is 414. The van der Waals surface area contributed by atoms with Crippen LogP contribution < -0.4 is 10.6 Å². The highest BCUT2D eigenvalue weighted by Crippen LogP contribution is 2.24. The normalized spacial score (nSPS) is 24.3. The Morgan fingerprint density at radius 3 is 2.82 bits per heavy atom. The van der Waals surface area contributed by atoms with Crippen LogP contribution in [0.4, 0.5) is 5.69 Å². The Kier molecular flexibility index (Phi) is 3.31. The number of amides is 1. The molecule has 1 unspecified atom stereocenters. The molecule has 0 bridgehead atoms. The lowest BCUT2D eigenvalue weighted by Crippen LogP contribution is -2.53. The highest BCUT2D eigenvalue weighted by Gasteiger charge is 2.37. The Morgan fingerprint density at radius 2 is 2.18 bits per heavy atom. The number of β-amino-alcohol motifs (C(OH)–C–C–N with tert-alkyl or cyclic N) is 1. The van der Waals surface area contributed by atoms with Gasteiger partial charge in [-0.05, 0) is 31.5 Å². The van der Waals surface area contributed by atoms with Gasteiger partial charge in [0.2, 0.25) is 0 Å². The average Bonchev–Trinajstić information content (AvgIpc) is 2.33. The number of aliphatic hydroxyl groups is 1. The molecule has 1 atom stereocenters. The van der Waals surface area contributed by atoms with Crippen LogP contribution in [0.3, 0.4) is 0 Å². The van der Waals surface area contributed by atoms with Crippen molar-refractivity contribution in [3.63, 3.8) is 0 Å². The monoisotopic (exact) mass is 236 g/mol. The second-order valence-corrected chi connectivity index (χ2v) is 4.28. The molecule has 1 aromatic rings. The zero-order chi connectivity index (χ0) is 12.3. The number of nitrogens with one attached hydrogen (secondary N) is 2. The zero-order valence-electron chi connectivity index (χ0n) is 9.44. The van der Waals surface area contributed by atoms with Crippen molar-refractivity contribution in [1.82, 2.24) is 5.32 Å². The van der Waals surface area contributed by atoms with Crippen molar-refractivity contribution in [2.75, 3.05) is 18.4 Å². The topological polar surface area (TPSA) is 81.6 Å². The summed E-state index contributed by atoms with van der Waals surface area (Å²) in [5, 5.41) is 25.2. The van der Waals surface area contributed by atoms with Crippen LogP contribution in [0, 0.1) is 0 Å². The molecule has 1 fully saturated rings. The number of phenolic OH excluding ortho intramolecular Hbond substituents is 1. The van der Waals surface area contributed by atoms with Crippen molar-refractivity contribution < 1.29 is 15.0 Å². The molecular formula is C12H16N2O3. The maximum atomic E-state index is 11.9. The second-order valence-electron chi connectivity index (χ2n) is 4.28. The van der Waals surface area contributed by atoms with Crippen molar-refractivity contribution >= 4 is 11.6 Å². The van der Waals surface area contributed by atoms with Crippen LogP contribution in [0.15, 0.2) is 24.3 Å². The lowest BCUT2D eigenvalue weighted by Gasteiger charge is -2.31. The number of hydrogen-bond donors (Lipinski definition) is 4. The van der Waals surface area contributed by atoms with Crippen LogP contribution in [0.25, 0.3) is 0 Å². The minimum absolute atomic E-state index is 0.00628. The minimum atomic E-state index is -1.39. The van der Waals surface area contributed by atoms with Crippen LogP contribution in [-0.2, 0) is 4.79 Å². The fourth-order valence-electron chi connectivity index (χ4n) is 1.90. The zero-order valence-corrected chi connectivity index (χ0v) is 9.44. The molecular weight excluding hydrogens is 220 g/mol. The van der Waals surface area contributed by atoms with Crippen molar-refractivity contribution in [2.45, 2.75) is 18.4 Å². The summed E-state index contributed by atoms with van der Waals surface area (Å²) in [7, 11) is 0. The number of carbonyl (C=O) groups is 1. The van der Waals surface area contributed by atoms with Crippen molar-refractivity contribution in [2.24, 2.45) is 0 Å². The molecule has 1 amide bonds. The molecule has 0 aromatic heterocycles. The quantitative estimate of drug-likeness (QED) is 0.562. The van der Waals surface area contributed by atoms with E-state index >= 15 is 0 Å². The molecule has 2 rings (SSSR count). The second kappa shape index (κ2) is 4.73. The van der Waals surface area contributed by atoms with E-state index in [1.165, 1.54) is 6.07 Å². The summed E-state index contributed by atoms with van der Waals surface area (Å²) in [5.41, 5.74) is -1.07. The van der Waals surface area contributed by atoms with Gasteiger partial charge < -0.3 is 20.8 Å². The lowest BCUT2D eigenvalue weighted by atomic mass is 9.93. The molecule has 17 heavy (non-hydrogen) atoms. The van der Waals surface area contributed by atoms with E-state index < -0.39 is 11.5 Å². The van der Waals surface area contributed by atoms with Crippen molar-refractivity contribution in [3.05, 3.63) is 24.3 Å². The number of carbonyl (C=O) groups excluding carboxylic acids is 1. The Hall–Kier alpha value is -1.59. The van der Waals surface area contributed by atoms with E-state index in [-0.39, 0.29) is 12.3 Å². The molecule has 1 aliphatic rings. The third-order valence-corrected chi connectivity index (χ3v) is 2.94. The fraction of sp³-hybridized carbons (Fsp3) is 0.417. The standard InChI is InChI=1S/C12H16N2O3/c15-10-5-2-1-4-9(10)14-11(16)12(17)6-3-7-13-8-12/h1-2,4-5,13,15,17H,3,6-8H2,(H,14,16). The Morgan fingerprint density at radius 1 is 1.41 bits per heavy atom. The Balaban J connectivity index is 2.08. The molecule has 5 nitrogen and oxygen atoms in total. The fourth-order valence-corrected chi connectivity index (χ4v) is 1.90. The van der Waals surface area contributed by atoms with Crippen LogP contribution in [0.2, 0.25) is 0 Å². The van der Waals surface area contributed by atoms with E-state index in [9.17, 15) is 15.0 Å². The van der Waals surface area contributed by atoms with E-state index in [0.717, 1.165) is 13.0 Å². The number of phenols is 1. The number of aromatic hydroxyl groups is 1. The van der Waals surface area contributed by atoms with Gasteiger partial charge >= 0.3 is 0 Å². The summed E-state index contributed by atoms with van der Waals surface area (Å²) in [4.78, 5) is 11.9. The van der Waals surface area contributed by atoms with Gasteiger partial charge in [0.1, 0.15) is 5.75 Å². The van der Waals surface area contributed by atoms with Gasteiger partial charge in [-0.25, -0.2) is 0 Å².